The molecule has 14 heavy (non-hydrogen) atoms. The monoisotopic (exact) mass is 225 g/mol. The van der Waals surface area contributed by atoms with Gasteiger partial charge in [0.05, 0.1) is 28.0 Å². The topological polar surface area (TPSA) is 51.8 Å². The van der Waals surface area contributed by atoms with Gasteiger partial charge in [-0.3, -0.25) is 4.98 Å². The van der Waals surface area contributed by atoms with Crippen LogP contribution in [0.5, 0.6) is 0 Å². The fraction of sp³-hybridized carbons (Fsp3) is 0.111. The maximum atomic E-state index is 5.97. The van der Waals surface area contributed by atoms with Gasteiger partial charge in [0.25, 0.3) is 0 Å². The van der Waals surface area contributed by atoms with E-state index in [0.717, 1.165) is 5.69 Å². The van der Waals surface area contributed by atoms with Crippen LogP contribution in [0.2, 0.25) is 5.02 Å². The molecule has 2 aromatic heterocycles. The second-order valence-electron chi connectivity index (χ2n) is 2.76. The highest BCUT2D eigenvalue weighted by Crippen LogP contribution is 2.23. The minimum atomic E-state index is -0.338. The molecule has 2 N–H and O–H groups in total. The molecule has 72 valence electrons. The first kappa shape index (κ1) is 9.58. The lowest BCUT2D eigenvalue weighted by Gasteiger charge is -2.09. The number of hydrogen-bond donors (Lipinski definition) is 1. The van der Waals surface area contributed by atoms with E-state index in [0.29, 0.717) is 10.7 Å². The summed E-state index contributed by atoms with van der Waals surface area (Å²) in [5.41, 5.74) is 9.17. The molecule has 1 unspecified atom stereocenters. The molecule has 0 saturated carbocycles. The van der Waals surface area contributed by atoms with Crippen LogP contribution in [0.25, 0.3) is 0 Å². The van der Waals surface area contributed by atoms with Gasteiger partial charge >= 0.3 is 0 Å². The van der Waals surface area contributed by atoms with Crippen LogP contribution in [-0.4, -0.2) is 9.97 Å². The van der Waals surface area contributed by atoms with E-state index in [-0.39, 0.29) is 6.04 Å². The summed E-state index contributed by atoms with van der Waals surface area (Å²) in [5, 5.41) is 2.48. The second-order valence-corrected chi connectivity index (χ2v) is 3.89. The number of pyridine rings is 1. The maximum absolute atomic E-state index is 5.97. The number of aromatic nitrogens is 2. The van der Waals surface area contributed by atoms with E-state index in [1.54, 1.807) is 23.8 Å². The number of nitrogens with zero attached hydrogens (tertiary/aromatic N) is 2. The number of thiazole rings is 1. The Morgan fingerprint density at radius 1 is 1.43 bits per heavy atom. The molecule has 0 saturated heterocycles. The van der Waals surface area contributed by atoms with Gasteiger partial charge in [0, 0.05) is 11.6 Å². The summed E-state index contributed by atoms with van der Waals surface area (Å²) in [6.45, 7) is 0. The molecule has 1 atom stereocenters. The SMILES string of the molecule is NC(c1cscn1)c1ncccc1Cl. The van der Waals surface area contributed by atoms with E-state index < -0.39 is 0 Å². The average Bonchev–Trinajstić information content (AvgIpc) is 2.70. The van der Waals surface area contributed by atoms with Crippen molar-refractivity contribution in [1.29, 1.82) is 0 Å². The van der Waals surface area contributed by atoms with Crippen molar-refractivity contribution in [3.05, 3.63) is 45.6 Å². The van der Waals surface area contributed by atoms with E-state index in [2.05, 4.69) is 9.97 Å². The third-order valence-corrected chi connectivity index (χ3v) is 2.78. The normalized spacial score (nSPS) is 12.7. The lowest BCUT2D eigenvalue weighted by Crippen LogP contribution is -2.14. The van der Waals surface area contributed by atoms with Gasteiger partial charge < -0.3 is 5.73 Å². The highest BCUT2D eigenvalue weighted by atomic mass is 35.5. The minimum absolute atomic E-state index is 0.338. The lowest BCUT2D eigenvalue weighted by molar-refractivity contribution is 0.803. The van der Waals surface area contributed by atoms with Crippen molar-refractivity contribution in [2.45, 2.75) is 6.04 Å². The fourth-order valence-corrected chi connectivity index (χ4v) is 1.97. The summed E-state index contributed by atoms with van der Waals surface area (Å²) in [7, 11) is 0. The molecule has 0 aliphatic heterocycles. The Morgan fingerprint density at radius 3 is 2.93 bits per heavy atom. The van der Waals surface area contributed by atoms with Crippen LogP contribution in [-0.2, 0) is 0 Å². The van der Waals surface area contributed by atoms with Crippen LogP contribution >= 0.6 is 22.9 Å². The zero-order chi connectivity index (χ0) is 9.97. The maximum Gasteiger partial charge on any atom is 0.0923 e. The van der Waals surface area contributed by atoms with Crippen molar-refractivity contribution in [1.82, 2.24) is 9.97 Å². The van der Waals surface area contributed by atoms with Crippen LogP contribution in [0.3, 0.4) is 0 Å². The van der Waals surface area contributed by atoms with Gasteiger partial charge in [0.2, 0.25) is 0 Å². The van der Waals surface area contributed by atoms with Crippen LogP contribution < -0.4 is 5.73 Å². The Balaban J connectivity index is 2.37. The Hall–Kier alpha value is -0.970. The fourth-order valence-electron chi connectivity index (χ4n) is 1.14. The zero-order valence-corrected chi connectivity index (χ0v) is 8.79. The highest BCUT2D eigenvalue weighted by molar-refractivity contribution is 7.07. The van der Waals surface area contributed by atoms with E-state index in [9.17, 15) is 0 Å². The largest absolute Gasteiger partial charge is 0.318 e. The van der Waals surface area contributed by atoms with Crippen molar-refractivity contribution in [3.63, 3.8) is 0 Å². The first-order valence-corrected chi connectivity index (χ1v) is 5.35. The van der Waals surface area contributed by atoms with Crippen molar-refractivity contribution in [2.24, 2.45) is 5.73 Å². The van der Waals surface area contributed by atoms with Gasteiger partial charge in [-0.05, 0) is 12.1 Å². The first-order chi connectivity index (χ1) is 6.79. The molecule has 2 heterocycles. The number of rotatable bonds is 2. The summed E-state index contributed by atoms with van der Waals surface area (Å²) in [6.07, 6.45) is 1.67. The van der Waals surface area contributed by atoms with E-state index >= 15 is 0 Å². The van der Waals surface area contributed by atoms with Crippen LogP contribution in [0.4, 0.5) is 0 Å². The van der Waals surface area contributed by atoms with Gasteiger partial charge in [-0.25, -0.2) is 4.98 Å². The Labute approximate surface area is 90.6 Å². The molecule has 0 bridgehead atoms. The molecular formula is C9H8ClN3S. The molecule has 2 rings (SSSR count). The molecular weight excluding hydrogens is 218 g/mol. The second kappa shape index (κ2) is 4.04. The number of hydrogen-bond acceptors (Lipinski definition) is 4. The number of nitrogens with two attached hydrogens (primary N) is 1. The van der Waals surface area contributed by atoms with Crippen molar-refractivity contribution in [2.75, 3.05) is 0 Å². The minimum Gasteiger partial charge on any atom is -0.318 e. The molecule has 0 fully saturated rings. The summed E-state index contributed by atoms with van der Waals surface area (Å²) in [4.78, 5) is 8.27. The van der Waals surface area contributed by atoms with Crippen LogP contribution in [0.15, 0.2) is 29.2 Å². The molecule has 0 spiro atoms. The van der Waals surface area contributed by atoms with Gasteiger partial charge in [0.15, 0.2) is 0 Å². The highest BCUT2D eigenvalue weighted by Gasteiger charge is 2.14. The van der Waals surface area contributed by atoms with E-state index in [1.165, 1.54) is 11.3 Å². The lowest BCUT2D eigenvalue weighted by atomic mass is 10.1. The average molecular weight is 226 g/mol. The summed E-state index contributed by atoms with van der Waals surface area (Å²) >= 11 is 7.48. The van der Waals surface area contributed by atoms with Gasteiger partial charge in [-0.2, -0.15) is 0 Å². The molecule has 0 aliphatic carbocycles. The first-order valence-electron chi connectivity index (χ1n) is 4.03. The summed E-state index contributed by atoms with van der Waals surface area (Å²) < 4.78 is 0. The quantitative estimate of drug-likeness (QED) is 0.853. The zero-order valence-electron chi connectivity index (χ0n) is 7.22. The molecule has 5 heteroatoms. The van der Waals surface area contributed by atoms with Gasteiger partial charge in [0.1, 0.15) is 0 Å². The van der Waals surface area contributed by atoms with Gasteiger partial charge in [-0.1, -0.05) is 11.6 Å². The standard InChI is InChI=1S/C9H8ClN3S/c10-6-2-1-3-12-9(6)8(11)7-4-14-5-13-7/h1-5,8H,11H2. The Morgan fingerprint density at radius 2 is 2.29 bits per heavy atom. The van der Waals surface area contributed by atoms with Crippen LogP contribution in [0, 0.1) is 0 Å². The summed E-state index contributed by atoms with van der Waals surface area (Å²) in [6, 6.07) is 3.21. The van der Waals surface area contributed by atoms with Crippen molar-refractivity contribution in [3.8, 4) is 0 Å². The van der Waals surface area contributed by atoms with E-state index in [4.69, 9.17) is 17.3 Å². The predicted octanol–water partition coefficient (Wildman–Crippen LogP) is 2.24. The van der Waals surface area contributed by atoms with Crippen LogP contribution in [0.1, 0.15) is 17.4 Å². The molecule has 0 aliphatic rings. The third-order valence-electron chi connectivity index (χ3n) is 1.85. The number of halogens is 1. The third kappa shape index (κ3) is 1.77. The molecule has 2 aromatic rings. The molecule has 3 nitrogen and oxygen atoms in total. The summed E-state index contributed by atoms with van der Waals surface area (Å²) in [5.74, 6) is 0. The van der Waals surface area contributed by atoms with Crippen molar-refractivity contribution < 1.29 is 0 Å². The predicted molar refractivity (Wildman–Crippen MR) is 57.4 cm³/mol. The smallest absolute Gasteiger partial charge is 0.0923 e. The Bertz CT molecular complexity index is 416. The molecule has 0 aromatic carbocycles. The molecule has 0 amide bonds. The van der Waals surface area contributed by atoms with Crippen molar-refractivity contribution >= 4 is 22.9 Å². The molecule has 0 radical (unpaired) electrons. The Kier molecular flexibility index (Phi) is 2.77. The van der Waals surface area contributed by atoms with E-state index in [1.807, 2.05) is 5.38 Å². The van der Waals surface area contributed by atoms with Gasteiger partial charge in [-0.15, -0.1) is 11.3 Å².